The van der Waals surface area contributed by atoms with Crippen molar-refractivity contribution < 1.29 is 15.1 Å². The summed E-state index contributed by atoms with van der Waals surface area (Å²) >= 11 is 0. The molecule has 2 heterocycles. The third-order valence-corrected chi connectivity index (χ3v) is 2.19. The van der Waals surface area contributed by atoms with Crippen molar-refractivity contribution in [3.63, 3.8) is 0 Å². The molecule has 6 nitrogen and oxygen atoms in total. The van der Waals surface area contributed by atoms with Crippen molar-refractivity contribution in [1.29, 1.82) is 0 Å². The van der Waals surface area contributed by atoms with Gasteiger partial charge in [0.25, 0.3) is 5.91 Å². The van der Waals surface area contributed by atoms with E-state index in [0.717, 1.165) is 0 Å². The number of aliphatic hydroxyl groups is 1. The summed E-state index contributed by atoms with van der Waals surface area (Å²) in [6, 6.07) is 0. The largest absolute Gasteiger partial charge is 0.390 e. The van der Waals surface area contributed by atoms with Crippen molar-refractivity contribution in [2.24, 2.45) is 0 Å². The van der Waals surface area contributed by atoms with Gasteiger partial charge in [-0.25, -0.2) is 10.5 Å². The second-order valence-corrected chi connectivity index (χ2v) is 2.96. The molecule has 0 radical (unpaired) electrons. The average molecular weight is 183 g/mol. The topological polar surface area (TPSA) is 87.4 Å². The normalized spacial score (nSPS) is 25.7. The van der Waals surface area contributed by atoms with Crippen LogP contribution in [0.15, 0.2) is 12.4 Å². The number of rotatable bonds is 1. The summed E-state index contributed by atoms with van der Waals surface area (Å²) in [6.07, 6.45) is 2.43. The average Bonchev–Trinajstić information content (AvgIpc) is 2.62. The van der Waals surface area contributed by atoms with Crippen molar-refractivity contribution in [2.45, 2.75) is 18.6 Å². The van der Waals surface area contributed by atoms with Gasteiger partial charge in [0.2, 0.25) is 0 Å². The number of carbonyl (C=O) groups is 1. The molecule has 0 fully saturated rings. The Morgan fingerprint density at radius 2 is 2.54 bits per heavy atom. The molecule has 0 bridgehead atoms. The monoisotopic (exact) mass is 183 g/mol. The van der Waals surface area contributed by atoms with E-state index in [1.165, 1.54) is 5.48 Å². The van der Waals surface area contributed by atoms with Crippen LogP contribution in [0.25, 0.3) is 0 Å². The lowest BCUT2D eigenvalue weighted by atomic mass is 10.0. The molecular weight excluding hydrogens is 174 g/mol. The molecule has 13 heavy (non-hydrogen) atoms. The molecule has 2 rings (SSSR count). The SMILES string of the molecule is O=C(NO)C1c2nccn2CC1O. The molecule has 0 saturated heterocycles. The molecule has 0 saturated carbocycles. The Balaban J connectivity index is 2.34. The number of fused-ring (bicyclic) bond motifs is 1. The van der Waals surface area contributed by atoms with Crippen LogP contribution in [0.3, 0.4) is 0 Å². The lowest BCUT2D eigenvalue weighted by molar-refractivity contribution is -0.133. The summed E-state index contributed by atoms with van der Waals surface area (Å²) in [7, 11) is 0. The smallest absolute Gasteiger partial charge is 0.256 e. The fraction of sp³-hybridized carbons (Fsp3) is 0.429. The Labute approximate surface area is 73.8 Å². The lowest BCUT2D eigenvalue weighted by Crippen LogP contribution is -2.32. The van der Waals surface area contributed by atoms with Gasteiger partial charge >= 0.3 is 0 Å². The Bertz CT molecular complexity index is 335. The van der Waals surface area contributed by atoms with Gasteiger partial charge in [-0.1, -0.05) is 0 Å². The molecule has 0 aromatic carbocycles. The van der Waals surface area contributed by atoms with Crippen molar-refractivity contribution in [3.05, 3.63) is 18.2 Å². The number of imidazole rings is 1. The van der Waals surface area contributed by atoms with Gasteiger partial charge in [-0.2, -0.15) is 0 Å². The molecule has 1 aliphatic rings. The highest BCUT2D eigenvalue weighted by Gasteiger charge is 2.37. The van der Waals surface area contributed by atoms with E-state index in [4.69, 9.17) is 5.21 Å². The fourth-order valence-electron chi connectivity index (χ4n) is 1.59. The maximum atomic E-state index is 11.1. The first-order valence-electron chi connectivity index (χ1n) is 3.87. The maximum Gasteiger partial charge on any atom is 0.256 e. The van der Waals surface area contributed by atoms with Crippen LogP contribution >= 0.6 is 0 Å². The van der Waals surface area contributed by atoms with E-state index in [1.54, 1.807) is 17.0 Å². The zero-order valence-electron chi connectivity index (χ0n) is 6.71. The van der Waals surface area contributed by atoms with Gasteiger partial charge in [0.05, 0.1) is 12.6 Å². The highest BCUT2D eigenvalue weighted by molar-refractivity contribution is 5.82. The van der Waals surface area contributed by atoms with Crippen LogP contribution in [-0.2, 0) is 11.3 Å². The number of nitrogens with one attached hydrogen (secondary N) is 1. The molecule has 0 aliphatic carbocycles. The molecule has 1 aliphatic heterocycles. The highest BCUT2D eigenvalue weighted by Crippen LogP contribution is 2.26. The minimum absolute atomic E-state index is 0.341. The number of hydroxylamine groups is 1. The van der Waals surface area contributed by atoms with Crippen LogP contribution in [0.5, 0.6) is 0 Å². The highest BCUT2D eigenvalue weighted by atomic mass is 16.5. The van der Waals surface area contributed by atoms with E-state index in [2.05, 4.69) is 4.98 Å². The van der Waals surface area contributed by atoms with E-state index in [0.29, 0.717) is 12.4 Å². The van der Waals surface area contributed by atoms with Gasteiger partial charge in [0.15, 0.2) is 0 Å². The first kappa shape index (κ1) is 8.21. The summed E-state index contributed by atoms with van der Waals surface area (Å²) in [5, 5.41) is 17.9. The third kappa shape index (κ3) is 1.11. The van der Waals surface area contributed by atoms with Gasteiger partial charge in [-0.3, -0.25) is 10.0 Å². The van der Waals surface area contributed by atoms with E-state index < -0.39 is 17.9 Å². The number of nitrogens with zero attached hydrogens (tertiary/aromatic N) is 2. The number of hydrogen-bond donors (Lipinski definition) is 3. The Morgan fingerprint density at radius 1 is 1.77 bits per heavy atom. The summed E-state index contributed by atoms with van der Waals surface area (Å²) in [6.45, 7) is 0.341. The molecule has 1 aromatic rings. The van der Waals surface area contributed by atoms with Crippen molar-refractivity contribution in [1.82, 2.24) is 15.0 Å². The number of hydrogen-bond acceptors (Lipinski definition) is 4. The van der Waals surface area contributed by atoms with Crippen molar-refractivity contribution >= 4 is 5.91 Å². The summed E-state index contributed by atoms with van der Waals surface area (Å²) in [5.74, 6) is -0.906. The summed E-state index contributed by atoms with van der Waals surface area (Å²) in [5.41, 5.74) is 1.52. The van der Waals surface area contributed by atoms with Crippen LogP contribution in [0.4, 0.5) is 0 Å². The molecule has 2 unspecified atom stereocenters. The molecule has 1 aromatic heterocycles. The van der Waals surface area contributed by atoms with E-state index in [1.807, 2.05) is 0 Å². The van der Waals surface area contributed by atoms with Gasteiger partial charge in [-0.15, -0.1) is 0 Å². The third-order valence-electron chi connectivity index (χ3n) is 2.19. The number of carbonyl (C=O) groups excluding carboxylic acids is 1. The molecule has 1 amide bonds. The number of amides is 1. The molecule has 2 atom stereocenters. The summed E-state index contributed by atoms with van der Waals surface area (Å²) < 4.78 is 1.69. The molecule has 0 spiro atoms. The molecule has 70 valence electrons. The fourth-order valence-corrected chi connectivity index (χ4v) is 1.59. The standard InChI is InChI=1S/C7H9N3O3/c11-4-3-10-2-1-8-6(10)5(4)7(12)9-13/h1-2,4-5,11,13H,3H2,(H,9,12). The van der Waals surface area contributed by atoms with Gasteiger partial charge in [0.1, 0.15) is 11.7 Å². The molecular formula is C7H9N3O3. The van der Waals surface area contributed by atoms with Crippen LogP contribution in [0, 0.1) is 0 Å². The van der Waals surface area contributed by atoms with E-state index in [9.17, 15) is 9.90 Å². The van der Waals surface area contributed by atoms with Gasteiger partial charge in [-0.05, 0) is 0 Å². The minimum Gasteiger partial charge on any atom is -0.390 e. The Kier molecular flexibility index (Phi) is 1.78. The first-order chi connectivity index (χ1) is 6.24. The lowest BCUT2D eigenvalue weighted by Gasteiger charge is -2.09. The van der Waals surface area contributed by atoms with Crippen LogP contribution in [-0.4, -0.2) is 31.9 Å². The molecule has 6 heteroatoms. The predicted octanol–water partition coefficient (Wildman–Crippen LogP) is -1.15. The predicted molar refractivity (Wildman–Crippen MR) is 40.9 cm³/mol. The van der Waals surface area contributed by atoms with Crippen LogP contribution in [0.2, 0.25) is 0 Å². The maximum absolute atomic E-state index is 11.1. The van der Waals surface area contributed by atoms with Crippen molar-refractivity contribution in [2.75, 3.05) is 0 Å². The van der Waals surface area contributed by atoms with Gasteiger partial charge < -0.3 is 9.67 Å². The summed E-state index contributed by atoms with van der Waals surface area (Å²) in [4.78, 5) is 15.0. The van der Waals surface area contributed by atoms with E-state index >= 15 is 0 Å². The first-order valence-corrected chi connectivity index (χ1v) is 3.87. The minimum atomic E-state index is -0.809. The second kappa shape index (κ2) is 2.82. The van der Waals surface area contributed by atoms with E-state index in [-0.39, 0.29) is 0 Å². The second-order valence-electron chi connectivity index (χ2n) is 2.96. The van der Waals surface area contributed by atoms with Crippen LogP contribution in [0.1, 0.15) is 11.7 Å². The van der Waals surface area contributed by atoms with Gasteiger partial charge in [0, 0.05) is 12.4 Å². The zero-order valence-corrected chi connectivity index (χ0v) is 6.71. The van der Waals surface area contributed by atoms with Crippen LogP contribution < -0.4 is 5.48 Å². The number of aromatic nitrogens is 2. The number of aliphatic hydroxyl groups excluding tert-OH is 1. The zero-order chi connectivity index (χ0) is 9.42. The Hall–Kier alpha value is -1.40. The molecule has 3 N–H and O–H groups in total. The Morgan fingerprint density at radius 3 is 3.23 bits per heavy atom. The van der Waals surface area contributed by atoms with Crippen molar-refractivity contribution in [3.8, 4) is 0 Å². The quantitative estimate of drug-likeness (QED) is 0.379.